The third-order valence-corrected chi connectivity index (χ3v) is 1.38. The van der Waals surface area contributed by atoms with Crippen LogP contribution in [0.25, 0.3) is 0 Å². The largest absolute Gasteiger partial charge is 1.00 e. The van der Waals surface area contributed by atoms with Gasteiger partial charge in [0.2, 0.25) is 5.91 Å². The Morgan fingerprint density at radius 2 is 2.00 bits per heavy atom. The second-order valence-corrected chi connectivity index (χ2v) is 2.27. The van der Waals surface area contributed by atoms with Crippen molar-refractivity contribution >= 4 is 11.6 Å². The smallest absolute Gasteiger partial charge is 1.00 e. The van der Waals surface area contributed by atoms with Gasteiger partial charge in [0, 0.05) is 12.1 Å². The van der Waals surface area contributed by atoms with E-state index in [2.05, 4.69) is 5.32 Å². The van der Waals surface area contributed by atoms with E-state index in [0.29, 0.717) is 6.42 Å². The molecule has 0 atom stereocenters. The summed E-state index contributed by atoms with van der Waals surface area (Å²) in [5.41, 5.74) is 0.861. The van der Waals surface area contributed by atoms with Gasteiger partial charge in [0.25, 0.3) is 0 Å². The second-order valence-electron chi connectivity index (χ2n) is 2.27. The van der Waals surface area contributed by atoms with Crippen molar-refractivity contribution in [1.29, 1.82) is 0 Å². The van der Waals surface area contributed by atoms with Gasteiger partial charge in [-0.3, -0.25) is 4.79 Å². The van der Waals surface area contributed by atoms with Crippen molar-refractivity contribution < 1.29 is 25.1 Å². The zero-order valence-electron chi connectivity index (χ0n) is 8.50. The number of rotatable bonds is 2. The molecule has 0 aliphatic carbocycles. The Labute approximate surface area is 86.0 Å². The summed E-state index contributed by atoms with van der Waals surface area (Å²) in [6.07, 6.45) is 0.523. The van der Waals surface area contributed by atoms with Crippen LogP contribution in [0.15, 0.2) is 30.3 Å². The van der Waals surface area contributed by atoms with Crippen molar-refractivity contribution in [3.8, 4) is 0 Å². The molecule has 60 valence electrons. The fourth-order valence-corrected chi connectivity index (χ4v) is 0.771. The van der Waals surface area contributed by atoms with E-state index in [1.165, 1.54) is 0 Å². The van der Waals surface area contributed by atoms with Gasteiger partial charge >= 0.3 is 18.9 Å². The number of hydrogen-bond donors (Lipinski definition) is 1. The Kier molecular flexibility index (Phi) is 5.53. The zero-order chi connectivity index (χ0) is 8.10. The average Bonchev–Trinajstić information content (AvgIpc) is 2.06. The first-order valence-corrected chi connectivity index (χ1v) is 3.68. The first-order chi connectivity index (χ1) is 5.33. The predicted octanol–water partition coefficient (Wildman–Crippen LogP) is -0.848. The van der Waals surface area contributed by atoms with Gasteiger partial charge in [-0.15, -0.1) is 0 Å². The van der Waals surface area contributed by atoms with Gasteiger partial charge in [-0.25, -0.2) is 0 Å². The van der Waals surface area contributed by atoms with Crippen molar-refractivity contribution in [1.82, 2.24) is 0 Å². The molecule has 0 saturated carbocycles. The summed E-state index contributed by atoms with van der Waals surface area (Å²) in [4.78, 5) is 10.9. The maximum Gasteiger partial charge on any atom is 1.00 e. The number of amides is 1. The molecule has 0 radical (unpaired) electrons. The summed E-state index contributed by atoms with van der Waals surface area (Å²) in [6.45, 7) is 1.83. The minimum absolute atomic E-state index is 0. The predicted molar refractivity (Wildman–Crippen MR) is 46.5 cm³/mol. The SMILES string of the molecule is CCC(=O)Nc1ccccc1.[H-].[Li+]. The number of carbonyl (C=O) groups excluding carboxylic acids is 1. The van der Waals surface area contributed by atoms with Crippen molar-refractivity contribution in [2.75, 3.05) is 5.32 Å². The number of nitrogens with one attached hydrogen (secondary N) is 1. The third-order valence-electron chi connectivity index (χ3n) is 1.38. The molecule has 0 bridgehead atoms. The molecule has 0 spiro atoms. The molecule has 0 aliphatic rings. The first kappa shape index (κ1) is 11.3. The number of benzene rings is 1. The molecule has 0 aromatic heterocycles. The van der Waals surface area contributed by atoms with Crippen molar-refractivity contribution in [3.63, 3.8) is 0 Å². The average molecular weight is 157 g/mol. The van der Waals surface area contributed by atoms with Crippen LogP contribution >= 0.6 is 0 Å². The molecule has 2 nitrogen and oxygen atoms in total. The monoisotopic (exact) mass is 157 g/mol. The van der Waals surface area contributed by atoms with E-state index in [-0.39, 0.29) is 26.2 Å². The molecule has 1 aromatic carbocycles. The molecular weight excluding hydrogens is 145 g/mol. The number of anilines is 1. The van der Waals surface area contributed by atoms with Crippen LogP contribution in [-0.4, -0.2) is 5.91 Å². The van der Waals surface area contributed by atoms with Crippen LogP contribution in [0, 0.1) is 0 Å². The van der Waals surface area contributed by atoms with E-state index < -0.39 is 0 Å². The van der Waals surface area contributed by atoms with Gasteiger partial charge in [-0.05, 0) is 12.1 Å². The molecule has 0 saturated heterocycles. The summed E-state index contributed by atoms with van der Waals surface area (Å²) in [5, 5.41) is 2.75. The molecule has 0 fully saturated rings. The van der Waals surface area contributed by atoms with Gasteiger partial charge in [0.1, 0.15) is 0 Å². The Bertz CT molecular complexity index is 241. The number of para-hydroxylation sites is 1. The fraction of sp³-hybridized carbons (Fsp3) is 0.222. The summed E-state index contributed by atoms with van der Waals surface area (Å²) in [7, 11) is 0. The summed E-state index contributed by atoms with van der Waals surface area (Å²) in [6, 6.07) is 9.44. The summed E-state index contributed by atoms with van der Waals surface area (Å²) < 4.78 is 0. The van der Waals surface area contributed by atoms with Crippen molar-refractivity contribution in [2.45, 2.75) is 13.3 Å². The molecular formula is C9H12LiNO. The van der Waals surface area contributed by atoms with E-state index in [9.17, 15) is 4.79 Å². The Balaban J connectivity index is 0. The maximum absolute atomic E-state index is 10.9. The van der Waals surface area contributed by atoms with Gasteiger partial charge in [-0.2, -0.15) is 0 Å². The molecule has 1 amide bonds. The molecule has 0 unspecified atom stereocenters. The number of carbonyl (C=O) groups is 1. The van der Waals surface area contributed by atoms with Crippen LogP contribution < -0.4 is 24.2 Å². The molecule has 12 heavy (non-hydrogen) atoms. The molecule has 0 heterocycles. The molecule has 1 aromatic rings. The van der Waals surface area contributed by atoms with E-state index in [1.54, 1.807) is 0 Å². The van der Waals surface area contributed by atoms with E-state index in [4.69, 9.17) is 0 Å². The quantitative estimate of drug-likeness (QED) is 0.557. The van der Waals surface area contributed by atoms with Gasteiger partial charge in [0.15, 0.2) is 0 Å². The van der Waals surface area contributed by atoms with Gasteiger partial charge in [-0.1, -0.05) is 25.1 Å². The fourth-order valence-electron chi connectivity index (χ4n) is 0.771. The third kappa shape index (κ3) is 3.61. The molecule has 1 rings (SSSR count). The van der Waals surface area contributed by atoms with E-state index >= 15 is 0 Å². The van der Waals surface area contributed by atoms with Gasteiger partial charge < -0.3 is 6.74 Å². The van der Waals surface area contributed by atoms with Crippen molar-refractivity contribution in [2.24, 2.45) is 0 Å². The molecule has 3 heteroatoms. The molecule has 0 aliphatic heterocycles. The van der Waals surface area contributed by atoms with E-state index in [1.807, 2.05) is 37.3 Å². The van der Waals surface area contributed by atoms with Crippen LogP contribution in [0.5, 0.6) is 0 Å². The minimum atomic E-state index is 0. The second kappa shape index (κ2) is 5.88. The van der Waals surface area contributed by atoms with Gasteiger partial charge in [0.05, 0.1) is 0 Å². The molecule has 1 N–H and O–H groups in total. The van der Waals surface area contributed by atoms with Crippen LogP contribution in [0.2, 0.25) is 0 Å². The zero-order valence-corrected chi connectivity index (χ0v) is 7.50. The first-order valence-electron chi connectivity index (χ1n) is 3.68. The van der Waals surface area contributed by atoms with E-state index in [0.717, 1.165) is 5.69 Å². The van der Waals surface area contributed by atoms with Crippen LogP contribution in [0.3, 0.4) is 0 Å². The minimum Gasteiger partial charge on any atom is -1.00 e. The summed E-state index contributed by atoms with van der Waals surface area (Å²) >= 11 is 0. The topological polar surface area (TPSA) is 29.1 Å². The maximum atomic E-state index is 10.9. The normalized spacial score (nSPS) is 8.42. The summed E-state index contributed by atoms with van der Waals surface area (Å²) in [5.74, 6) is 0.0520. The van der Waals surface area contributed by atoms with Crippen LogP contribution in [0.4, 0.5) is 5.69 Å². The van der Waals surface area contributed by atoms with Crippen LogP contribution in [0.1, 0.15) is 14.8 Å². The Morgan fingerprint density at radius 3 is 2.50 bits per heavy atom. The Morgan fingerprint density at radius 1 is 1.42 bits per heavy atom. The Hall–Kier alpha value is -0.713. The van der Waals surface area contributed by atoms with Crippen LogP contribution in [-0.2, 0) is 4.79 Å². The number of hydrogen-bond acceptors (Lipinski definition) is 1. The standard InChI is InChI=1S/C9H11NO.Li.H/c1-2-9(11)10-8-6-4-3-5-7-8;;/h3-7H,2H2,1H3,(H,10,11);;/q;+1;-1. The van der Waals surface area contributed by atoms with Crippen molar-refractivity contribution in [3.05, 3.63) is 30.3 Å².